The van der Waals surface area contributed by atoms with Crippen LogP contribution in [0.15, 0.2) is 48.4 Å². The molecule has 4 heterocycles. The molecule has 0 saturated heterocycles. The number of halogens is 2. The van der Waals surface area contributed by atoms with Gasteiger partial charge in [0, 0.05) is 42.1 Å². The third-order valence-corrected chi connectivity index (χ3v) is 8.12. The monoisotopic (exact) mass is 473 g/mol. The van der Waals surface area contributed by atoms with Crippen molar-refractivity contribution >= 4 is 22.7 Å². The topological polar surface area (TPSA) is 67.1 Å². The Morgan fingerprint density at radius 2 is 2.16 bits per heavy atom. The summed E-state index contributed by atoms with van der Waals surface area (Å²) in [7, 11) is 0. The minimum absolute atomic E-state index is 0.0107. The van der Waals surface area contributed by atoms with E-state index in [4.69, 9.17) is 4.98 Å². The van der Waals surface area contributed by atoms with Gasteiger partial charge >= 0.3 is 0 Å². The van der Waals surface area contributed by atoms with Gasteiger partial charge in [0.2, 0.25) is 0 Å². The molecule has 0 bridgehead atoms. The van der Waals surface area contributed by atoms with E-state index in [0.717, 1.165) is 32.9 Å². The summed E-state index contributed by atoms with van der Waals surface area (Å²) in [5, 5.41) is 19.0. The highest BCUT2D eigenvalue weighted by atomic mass is 32.1. The number of aliphatic hydroxyl groups is 1. The van der Waals surface area contributed by atoms with Crippen LogP contribution in [0, 0.1) is 11.6 Å². The molecule has 0 saturated carbocycles. The van der Waals surface area contributed by atoms with Gasteiger partial charge in [0.15, 0.2) is 0 Å². The van der Waals surface area contributed by atoms with Crippen LogP contribution in [-0.2, 0) is 25.1 Å². The number of hydrogen-bond donors (Lipinski definition) is 1. The quantitative estimate of drug-likeness (QED) is 0.457. The predicted molar refractivity (Wildman–Crippen MR) is 119 cm³/mol. The SMILES string of the molecule is C[C@@H](N1CCc2nc(-c3cccs3)sc2C1)[C@](O)(Cn1cncn1)c1ccc(F)cc1F. The number of fused-ring (bicyclic) bond motifs is 1. The van der Waals surface area contributed by atoms with Gasteiger partial charge in [-0.15, -0.1) is 22.7 Å². The fraction of sp³-hybridized carbons (Fsp3) is 0.318. The zero-order chi connectivity index (χ0) is 22.3. The molecule has 0 aliphatic carbocycles. The Morgan fingerprint density at radius 1 is 1.28 bits per heavy atom. The molecule has 3 aromatic heterocycles. The van der Waals surface area contributed by atoms with E-state index in [1.54, 1.807) is 22.7 Å². The molecule has 0 amide bonds. The molecular formula is C22H21F2N5OS2. The van der Waals surface area contributed by atoms with Crippen LogP contribution in [0.3, 0.4) is 0 Å². The Morgan fingerprint density at radius 3 is 2.88 bits per heavy atom. The Balaban J connectivity index is 1.47. The Labute approximate surface area is 191 Å². The number of benzene rings is 1. The first-order valence-corrected chi connectivity index (χ1v) is 11.9. The largest absolute Gasteiger partial charge is 0.381 e. The van der Waals surface area contributed by atoms with Crippen LogP contribution < -0.4 is 0 Å². The molecule has 6 nitrogen and oxygen atoms in total. The lowest BCUT2D eigenvalue weighted by atomic mass is 9.85. The van der Waals surface area contributed by atoms with Crippen LogP contribution in [0.25, 0.3) is 9.88 Å². The standard InChI is InChI=1S/C22H21F2N5OS2/c1-14(28-7-6-18-20(10-28)32-21(27-18)19-3-2-8-31-19)22(30,11-29-13-25-12-26-29)16-5-4-15(23)9-17(16)24/h2-5,8-9,12-14,30H,6-7,10-11H2,1H3/t14-,22-/m1/s1. The summed E-state index contributed by atoms with van der Waals surface area (Å²) in [5.74, 6) is -1.47. The Bertz CT molecular complexity index is 1210. The van der Waals surface area contributed by atoms with Crippen molar-refractivity contribution in [3.05, 3.63) is 76.1 Å². The molecule has 10 heteroatoms. The van der Waals surface area contributed by atoms with E-state index in [1.165, 1.54) is 29.5 Å². The first-order chi connectivity index (χ1) is 15.4. The van der Waals surface area contributed by atoms with Gasteiger partial charge in [-0.3, -0.25) is 4.90 Å². The second-order valence-electron chi connectivity index (χ2n) is 7.90. The third-order valence-electron chi connectivity index (χ3n) is 6.00. The van der Waals surface area contributed by atoms with E-state index in [2.05, 4.69) is 21.0 Å². The molecule has 0 radical (unpaired) electrons. The van der Waals surface area contributed by atoms with Crippen LogP contribution in [0.4, 0.5) is 8.78 Å². The van der Waals surface area contributed by atoms with Crippen molar-refractivity contribution in [2.75, 3.05) is 6.54 Å². The number of thiophene rings is 1. The molecular weight excluding hydrogens is 452 g/mol. The van der Waals surface area contributed by atoms with E-state index in [9.17, 15) is 13.9 Å². The van der Waals surface area contributed by atoms with Gasteiger partial charge in [-0.1, -0.05) is 12.1 Å². The van der Waals surface area contributed by atoms with Crippen molar-refractivity contribution < 1.29 is 13.9 Å². The molecule has 2 atom stereocenters. The van der Waals surface area contributed by atoms with E-state index in [1.807, 2.05) is 18.4 Å². The highest BCUT2D eigenvalue weighted by Gasteiger charge is 2.43. The summed E-state index contributed by atoms with van der Waals surface area (Å²) in [6.07, 6.45) is 3.58. The van der Waals surface area contributed by atoms with Crippen molar-refractivity contribution in [1.29, 1.82) is 0 Å². The van der Waals surface area contributed by atoms with Crippen molar-refractivity contribution in [1.82, 2.24) is 24.6 Å². The molecule has 1 aliphatic heterocycles. The minimum atomic E-state index is -1.65. The van der Waals surface area contributed by atoms with Gasteiger partial charge in [0.05, 0.1) is 17.1 Å². The summed E-state index contributed by atoms with van der Waals surface area (Å²) in [5.41, 5.74) is -0.532. The van der Waals surface area contributed by atoms with Gasteiger partial charge < -0.3 is 5.11 Å². The van der Waals surface area contributed by atoms with Gasteiger partial charge in [0.25, 0.3) is 0 Å². The Kier molecular flexibility index (Phi) is 5.62. The molecule has 0 spiro atoms. The fourth-order valence-corrected chi connectivity index (χ4v) is 6.13. The second-order valence-corrected chi connectivity index (χ2v) is 9.94. The summed E-state index contributed by atoms with van der Waals surface area (Å²) in [6, 6.07) is 6.88. The van der Waals surface area contributed by atoms with Gasteiger partial charge in [-0.05, 0) is 24.4 Å². The van der Waals surface area contributed by atoms with E-state index in [-0.39, 0.29) is 12.1 Å². The average molecular weight is 474 g/mol. The number of rotatable bonds is 6. The summed E-state index contributed by atoms with van der Waals surface area (Å²) in [6.45, 7) is 3.13. The van der Waals surface area contributed by atoms with Crippen LogP contribution in [-0.4, -0.2) is 42.3 Å². The fourth-order valence-electron chi connectivity index (χ4n) is 4.20. The van der Waals surface area contributed by atoms with E-state index >= 15 is 0 Å². The first-order valence-electron chi connectivity index (χ1n) is 10.2. The predicted octanol–water partition coefficient (Wildman–Crippen LogP) is 4.08. The van der Waals surface area contributed by atoms with Gasteiger partial charge in [-0.25, -0.2) is 23.4 Å². The molecule has 0 unspecified atom stereocenters. The third kappa shape index (κ3) is 3.88. The van der Waals surface area contributed by atoms with Crippen molar-refractivity contribution in [2.45, 2.75) is 38.1 Å². The Hall–Kier alpha value is -2.53. The van der Waals surface area contributed by atoms with E-state index in [0.29, 0.717) is 13.1 Å². The maximum atomic E-state index is 14.8. The minimum Gasteiger partial charge on any atom is -0.381 e. The molecule has 166 valence electrons. The highest BCUT2D eigenvalue weighted by molar-refractivity contribution is 7.21. The van der Waals surface area contributed by atoms with Crippen molar-refractivity contribution in [2.24, 2.45) is 0 Å². The maximum Gasteiger partial charge on any atom is 0.137 e. The van der Waals surface area contributed by atoms with E-state index < -0.39 is 23.3 Å². The average Bonchev–Trinajstić information content (AvgIpc) is 3.53. The van der Waals surface area contributed by atoms with Crippen LogP contribution >= 0.6 is 22.7 Å². The molecule has 1 aromatic carbocycles. The molecule has 0 fully saturated rings. The first kappa shape index (κ1) is 21.3. The molecule has 1 N–H and O–H groups in total. The van der Waals surface area contributed by atoms with Gasteiger partial charge in [-0.2, -0.15) is 5.10 Å². The van der Waals surface area contributed by atoms with Crippen molar-refractivity contribution in [3.8, 4) is 9.88 Å². The summed E-state index contributed by atoms with van der Waals surface area (Å²) >= 11 is 3.32. The second kappa shape index (κ2) is 8.43. The van der Waals surface area contributed by atoms with Crippen LogP contribution in [0.2, 0.25) is 0 Å². The smallest absolute Gasteiger partial charge is 0.137 e. The number of aromatic nitrogens is 4. The molecule has 1 aliphatic rings. The number of nitrogens with zero attached hydrogens (tertiary/aromatic N) is 5. The molecule has 32 heavy (non-hydrogen) atoms. The van der Waals surface area contributed by atoms with Crippen molar-refractivity contribution in [3.63, 3.8) is 0 Å². The summed E-state index contributed by atoms with van der Waals surface area (Å²) < 4.78 is 29.9. The molecule has 4 aromatic rings. The lowest BCUT2D eigenvalue weighted by Crippen LogP contribution is -2.53. The maximum absolute atomic E-state index is 14.8. The van der Waals surface area contributed by atoms with Gasteiger partial charge in [0.1, 0.15) is 34.9 Å². The lowest BCUT2D eigenvalue weighted by molar-refractivity contribution is -0.0675. The molecule has 5 rings (SSSR count). The zero-order valence-corrected chi connectivity index (χ0v) is 18.9. The van der Waals surface area contributed by atoms with Crippen LogP contribution in [0.5, 0.6) is 0 Å². The van der Waals surface area contributed by atoms with Crippen LogP contribution in [0.1, 0.15) is 23.1 Å². The lowest BCUT2D eigenvalue weighted by Gasteiger charge is -2.42. The number of hydrogen-bond acceptors (Lipinski definition) is 7. The summed E-state index contributed by atoms with van der Waals surface area (Å²) in [4.78, 5) is 13.2. The number of thiazole rings is 1. The highest BCUT2D eigenvalue weighted by Crippen LogP contribution is 2.38. The normalized spacial score (nSPS) is 17.1. The zero-order valence-electron chi connectivity index (χ0n) is 17.3.